The molecular weight excluding hydrogens is 298 g/mol. The molecule has 1 amide bonds. The monoisotopic (exact) mass is 315 g/mol. The third-order valence-corrected chi connectivity index (χ3v) is 4.39. The van der Waals surface area contributed by atoms with E-state index in [9.17, 15) is 4.79 Å². The highest BCUT2D eigenvalue weighted by molar-refractivity contribution is 5.95. The topological polar surface area (TPSA) is 46.1 Å². The van der Waals surface area contributed by atoms with Crippen molar-refractivity contribution in [2.24, 2.45) is 0 Å². The van der Waals surface area contributed by atoms with Gasteiger partial charge in [0.1, 0.15) is 6.33 Å². The van der Waals surface area contributed by atoms with Gasteiger partial charge in [-0.25, -0.2) is 9.97 Å². The fraction of sp³-hybridized carbons (Fsp3) is 0.150. The molecule has 0 aliphatic carbocycles. The number of carbonyl (C=O) groups excluding carboxylic acids is 1. The van der Waals surface area contributed by atoms with Crippen LogP contribution in [0.3, 0.4) is 0 Å². The van der Waals surface area contributed by atoms with Crippen molar-refractivity contribution >= 4 is 5.91 Å². The average Bonchev–Trinajstić information content (AvgIpc) is 3.06. The molecule has 0 unspecified atom stereocenters. The Morgan fingerprint density at radius 1 is 0.958 bits per heavy atom. The lowest BCUT2D eigenvalue weighted by atomic mass is 10.0. The van der Waals surface area contributed by atoms with Gasteiger partial charge in [0.2, 0.25) is 0 Å². The molecule has 4 rings (SSSR count). The van der Waals surface area contributed by atoms with Crippen molar-refractivity contribution in [3.8, 4) is 11.1 Å². The van der Waals surface area contributed by atoms with E-state index < -0.39 is 0 Å². The maximum absolute atomic E-state index is 12.7. The number of rotatable bonds is 2. The summed E-state index contributed by atoms with van der Waals surface area (Å²) >= 11 is 0. The van der Waals surface area contributed by atoms with E-state index in [1.54, 1.807) is 11.1 Å². The van der Waals surface area contributed by atoms with E-state index in [1.165, 1.54) is 11.9 Å². The third-order valence-electron chi connectivity index (χ3n) is 4.39. The van der Waals surface area contributed by atoms with Crippen LogP contribution in [0.4, 0.5) is 0 Å². The summed E-state index contributed by atoms with van der Waals surface area (Å²) in [5.74, 6) is 0.0310. The molecule has 4 nitrogen and oxygen atoms in total. The van der Waals surface area contributed by atoms with E-state index in [0.717, 1.165) is 22.4 Å². The predicted octanol–water partition coefficient (Wildman–Crippen LogP) is 3.61. The normalized spacial score (nSPS) is 13.0. The van der Waals surface area contributed by atoms with Crippen molar-refractivity contribution in [2.45, 2.75) is 20.0 Å². The van der Waals surface area contributed by atoms with E-state index >= 15 is 0 Å². The molecule has 1 aliphatic rings. The number of benzene rings is 2. The van der Waals surface area contributed by atoms with Crippen LogP contribution in [-0.2, 0) is 13.1 Å². The number of hydrogen-bond donors (Lipinski definition) is 0. The molecule has 118 valence electrons. The zero-order valence-corrected chi connectivity index (χ0v) is 13.4. The lowest BCUT2D eigenvalue weighted by Crippen LogP contribution is -2.25. The maximum atomic E-state index is 12.7. The highest BCUT2D eigenvalue weighted by Crippen LogP contribution is 2.24. The average molecular weight is 315 g/mol. The van der Waals surface area contributed by atoms with Gasteiger partial charge in [-0.2, -0.15) is 0 Å². The molecule has 1 aliphatic heterocycles. The van der Waals surface area contributed by atoms with Crippen LogP contribution in [0.5, 0.6) is 0 Å². The minimum Gasteiger partial charge on any atom is -0.328 e. The van der Waals surface area contributed by atoms with Gasteiger partial charge in [0.15, 0.2) is 0 Å². The Kier molecular flexibility index (Phi) is 3.58. The fourth-order valence-corrected chi connectivity index (χ4v) is 2.98. The lowest BCUT2D eigenvalue weighted by Gasteiger charge is -2.15. The van der Waals surface area contributed by atoms with Gasteiger partial charge in [0.05, 0.1) is 12.2 Å². The number of fused-ring (bicyclic) bond motifs is 1. The SMILES string of the molecule is Cc1ccc(-c2ccc(C(=O)N3Cc4cncnc4C3)cc2)cc1. The molecular formula is C20H17N3O. The molecule has 1 aromatic heterocycles. The van der Waals surface area contributed by atoms with Crippen LogP contribution >= 0.6 is 0 Å². The molecule has 0 saturated heterocycles. The zero-order chi connectivity index (χ0) is 16.5. The number of amides is 1. The summed E-state index contributed by atoms with van der Waals surface area (Å²) in [5.41, 5.74) is 6.18. The second kappa shape index (κ2) is 5.89. The van der Waals surface area contributed by atoms with Crippen molar-refractivity contribution in [3.05, 3.63) is 83.4 Å². The van der Waals surface area contributed by atoms with Crippen LogP contribution in [0.25, 0.3) is 11.1 Å². The quantitative estimate of drug-likeness (QED) is 0.726. The smallest absolute Gasteiger partial charge is 0.254 e. The largest absolute Gasteiger partial charge is 0.328 e. The molecule has 0 bridgehead atoms. The highest BCUT2D eigenvalue weighted by Gasteiger charge is 2.25. The van der Waals surface area contributed by atoms with Crippen LogP contribution in [0, 0.1) is 6.92 Å². The van der Waals surface area contributed by atoms with Crippen LogP contribution in [0.2, 0.25) is 0 Å². The van der Waals surface area contributed by atoms with Gasteiger partial charge in [0.25, 0.3) is 5.91 Å². The first-order valence-corrected chi connectivity index (χ1v) is 7.95. The molecule has 0 saturated carbocycles. The van der Waals surface area contributed by atoms with Gasteiger partial charge < -0.3 is 4.90 Å². The van der Waals surface area contributed by atoms with E-state index in [0.29, 0.717) is 18.7 Å². The third kappa shape index (κ3) is 2.67. The van der Waals surface area contributed by atoms with E-state index in [1.807, 2.05) is 24.3 Å². The van der Waals surface area contributed by atoms with E-state index in [2.05, 4.69) is 41.2 Å². The number of aromatic nitrogens is 2. The minimum atomic E-state index is 0.0310. The predicted molar refractivity (Wildman–Crippen MR) is 92.2 cm³/mol. The summed E-state index contributed by atoms with van der Waals surface area (Å²) in [7, 11) is 0. The molecule has 2 aromatic carbocycles. The molecule has 0 fully saturated rings. The summed E-state index contributed by atoms with van der Waals surface area (Å²) in [4.78, 5) is 22.8. The van der Waals surface area contributed by atoms with Crippen LogP contribution < -0.4 is 0 Å². The first-order chi connectivity index (χ1) is 11.7. The molecule has 0 atom stereocenters. The van der Waals surface area contributed by atoms with Crippen LogP contribution in [-0.4, -0.2) is 20.8 Å². The van der Waals surface area contributed by atoms with Crippen molar-refractivity contribution in [2.75, 3.05) is 0 Å². The number of aryl methyl sites for hydroxylation is 1. The van der Waals surface area contributed by atoms with Gasteiger partial charge in [-0.05, 0) is 30.2 Å². The Hall–Kier alpha value is -3.01. The standard InChI is InChI=1S/C20H17N3O/c1-14-2-4-15(5-3-14)16-6-8-17(9-7-16)20(24)23-11-18-10-21-13-22-19(18)12-23/h2-10,13H,11-12H2,1H3. The van der Waals surface area contributed by atoms with Crippen molar-refractivity contribution in [3.63, 3.8) is 0 Å². The molecule has 3 aromatic rings. The van der Waals surface area contributed by atoms with Gasteiger partial charge >= 0.3 is 0 Å². The Bertz CT molecular complexity index is 861. The Morgan fingerprint density at radius 3 is 2.29 bits per heavy atom. The summed E-state index contributed by atoms with van der Waals surface area (Å²) in [5, 5.41) is 0. The Morgan fingerprint density at radius 2 is 1.62 bits per heavy atom. The minimum absolute atomic E-state index is 0.0310. The highest BCUT2D eigenvalue weighted by atomic mass is 16.2. The zero-order valence-electron chi connectivity index (χ0n) is 13.4. The summed E-state index contributed by atoms with van der Waals surface area (Å²) in [6.07, 6.45) is 3.32. The number of carbonyl (C=O) groups is 1. The molecule has 2 heterocycles. The van der Waals surface area contributed by atoms with Gasteiger partial charge in [-0.1, -0.05) is 42.0 Å². The van der Waals surface area contributed by atoms with Crippen LogP contribution in [0.1, 0.15) is 27.2 Å². The molecule has 0 spiro atoms. The number of hydrogen-bond acceptors (Lipinski definition) is 3. The second-order valence-electron chi connectivity index (χ2n) is 6.10. The van der Waals surface area contributed by atoms with E-state index in [-0.39, 0.29) is 5.91 Å². The van der Waals surface area contributed by atoms with Gasteiger partial charge in [0, 0.05) is 23.9 Å². The van der Waals surface area contributed by atoms with Crippen LogP contribution in [0.15, 0.2) is 61.1 Å². The van der Waals surface area contributed by atoms with Gasteiger partial charge in [-0.3, -0.25) is 4.79 Å². The Balaban J connectivity index is 1.53. The summed E-state index contributed by atoms with van der Waals surface area (Å²) in [6, 6.07) is 16.2. The van der Waals surface area contributed by atoms with Crippen molar-refractivity contribution in [1.82, 2.24) is 14.9 Å². The molecule has 0 radical (unpaired) electrons. The van der Waals surface area contributed by atoms with Crippen molar-refractivity contribution < 1.29 is 4.79 Å². The fourth-order valence-electron chi connectivity index (χ4n) is 2.98. The maximum Gasteiger partial charge on any atom is 0.254 e. The number of nitrogens with zero attached hydrogens (tertiary/aromatic N) is 3. The second-order valence-corrected chi connectivity index (χ2v) is 6.10. The molecule has 0 N–H and O–H groups in total. The van der Waals surface area contributed by atoms with Gasteiger partial charge in [-0.15, -0.1) is 0 Å². The lowest BCUT2D eigenvalue weighted by molar-refractivity contribution is 0.0750. The van der Waals surface area contributed by atoms with Crippen molar-refractivity contribution in [1.29, 1.82) is 0 Å². The molecule has 24 heavy (non-hydrogen) atoms. The Labute approximate surface area is 140 Å². The molecule has 4 heteroatoms. The first kappa shape index (κ1) is 14.6. The first-order valence-electron chi connectivity index (χ1n) is 7.95. The summed E-state index contributed by atoms with van der Waals surface area (Å²) in [6.45, 7) is 3.20. The summed E-state index contributed by atoms with van der Waals surface area (Å²) < 4.78 is 0. The van der Waals surface area contributed by atoms with E-state index in [4.69, 9.17) is 0 Å².